The molecule has 4 aromatic rings. The average molecular weight is 367 g/mol. The largest absolute Gasteiger partial charge is 0.347 e. The van der Waals surface area contributed by atoms with Gasteiger partial charge >= 0.3 is 0 Å². The fraction of sp³-hybridized carbons (Fsp3) is 0.130. The van der Waals surface area contributed by atoms with E-state index in [9.17, 15) is 9.59 Å². The summed E-state index contributed by atoms with van der Waals surface area (Å²) in [6, 6.07) is 16.1. The van der Waals surface area contributed by atoms with Gasteiger partial charge in [-0.2, -0.15) is 0 Å². The minimum atomic E-state index is -0.353. The monoisotopic (exact) mass is 367 g/mol. The van der Waals surface area contributed by atoms with Gasteiger partial charge in [-0.1, -0.05) is 36.4 Å². The number of imide groups is 1. The van der Waals surface area contributed by atoms with Crippen LogP contribution in [0.25, 0.3) is 33.1 Å². The number of benzene rings is 2. The van der Waals surface area contributed by atoms with E-state index in [-0.39, 0.29) is 11.8 Å². The van der Waals surface area contributed by atoms with Crippen LogP contribution < -0.4 is 5.32 Å². The van der Waals surface area contributed by atoms with Gasteiger partial charge in [0.15, 0.2) is 0 Å². The van der Waals surface area contributed by atoms with E-state index in [2.05, 4.69) is 16.0 Å². The average Bonchev–Trinajstić information content (AvgIpc) is 3.37. The molecule has 0 unspecified atom stereocenters. The number of carbonyl (C=O) groups excluding carboxylic acids is 2. The van der Waals surface area contributed by atoms with E-state index in [1.807, 2.05) is 59.4 Å². The molecule has 0 saturated carbocycles. The number of nitrogens with one attached hydrogen (secondary N) is 1. The molecule has 0 aliphatic carbocycles. The van der Waals surface area contributed by atoms with Crippen molar-refractivity contribution in [3.8, 4) is 0 Å². The van der Waals surface area contributed by atoms with Gasteiger partial charge in [-0.05, 0) is 35.9 Å². The van der Waals surface area contributed by atoms with Crippen LogP contribution >= 0.6 is 0 Å². The van der Waals surface area contributed by atoms with Crippen LogP contribution in [-0.4, -0.2) is 20.9 Å². The quantitative estimate of drug-likeness (QED) is 0.551. The fourth-order valence-electron chi connectivity index (χ4n) is 4.66. The highest BCUT2D eigenvalue weighted by Crippen LogP contribution is 2.37. The topological polar surface area (TPSA) is 56.0 Å². The molecule has 0 fully saturated rings. The van der Waals surface area contributed by atoms with Crippen LogP contribution in [0.2, 0.25) is 0 Å². The first-order valence-electron chi connectivity index (χ1n) is 9.50. The van der Waals surface area contributed by atoms with Gasteiger partial charge in [0.2, 0.25) is 0 Å². The van der Waals surface area contributed by atoms with Crippen molar-refractivity contribution in [3.63, 3.8) is 0 Å². The summed E-state index contributed by atoms with van der Waals surface area (Å²) >= 11 is 0. The predicted molar refractivity (Wildman–Crippen MR) is 108 cm³/mol. The first-order valence-corrected chi connectivity index (χ1v) is 9.50. The Balaban J connectivity index is 1.69. The van der Waals surface area contributed by atoms with Gasteiger partial charge in [0.1, 0.15) is 5.70 Å². The van der Waals surface area contributed by atoms with Crippen molar-refractivity contribution in [2.45, 2.75) is 19.4 Å². The number of para-hydroxylation sites is 2. The highest BCUT2D eigenvalue weighted by molar-refractivity contribution is 6.47. The van der Waals surface area contributed by atoms with Crippen molar-refractivity contribution >= 4 is 44.9 Å². The van der Waals surface area contributed by atoms with Crippen molar-refractivity contribution in [1.29, 1.82) is 0 Å². The summed E-state index contributed by atoms with van der Waals surface area (Å²) in [5, 5.41) is 4.57. The molecule has 4 heterocycles. The van der Waals surface area contributed by atoms with Crippen LogP contribution in [-0.2, 0) is 22.6 Å². The van der Waals surface area contributed by atoms with E-state index < -0.39 is 0 Å². The Morgan fingerprint density at radius 3 is 2.75 bits per heavy atom. The highest BCUT2D eigenvalue weighted by atomic mass is 16.2. The summed E-state index contributed by atoms with van der Waals surface area (Å²) in [5.74, 6) is -0.685. The van der Waals surface area contributed by atoms with Crippen LogP contribution in [0.5, 0.6) is 0 Å². The molecule has 5 heteroatoms. The number of rotatable bonds is 2. The second-order valence-electron chi connectivity index (χ2n) is 7.40. The molecule has 0 bridgehead atoms. The van der Waals surface area contributed by atoms with Crippen LogP contribution in [0.3, 0.4) is 0 Å². The number of aryl methyl sites for hydroxylation is 2. The zero-order valence-electron chi connectivity index (χ0n) is 15.1. The lowest BCUT2D eigenvalue weighted by Gasteiger charge is -2.14. The van der Waals surface area contributed by atoms with Gasteiger partial charge in [0, 0.05) is 29.9 Å². The van der Waals surface area contributed by atoms with Gasteiger partial charge in [0.05, 0.1) is 16.6 Å². The molecule has 6 rings (SSSR count). The van der Waals surface area contributed by atoms with Crippen molar-refractivity contribution in [2.75, 3.05) is 0 Å². The van der Waals surface area contributed by atoms with Gasteiger partial charge in [-0.25, -0.2) is 0 Å². The molecule has 2 amide bonds. The molecular weight excluding hydrogens is 350 g/mol. The molecule has 2 aliphatic rings. The molecule has 2 aromatic heterocycles. The van der Waals surface area contributed by atoms with Crippen LogP contribution in [0.15, 0.2) is 60.9 Å². The van der Waals surface area contributed by atoms with E-state index in [1.54, 1.807) is 0 Å². The predicted octanol–water partition coefficient (Wildman–Crippen LogP) is 3.57. The van der Waals surface area contributed by atoms with Crippen LogP contribution in [0.4, 0.5) is 0 Å². The maximum atomic E-state index is 12.9. The summed E-state index contributed by atoms with van der Waals surface area (Å²) in [7, 11) is 0. The Morgan fingerprint density at radius 1 is 0.929 bits per heavy atom. The normalized spacial score (nSPS) is 16.4. The van der Waals surface area contributed by atoms with Crippen LogP contribution in [0.1, 0.15) is 17.5 Å². The highest BCUT2D eigenvalue weighted by Gasteiger charge is 2.35. The molecule has 2 aromatic carbocycles. The molecule has 0 saturated heterocycles. The molecule has 0 spiro atoms. The number of carbonyl (C=O) groups is 2. The summed E-state index contributed by atoms with van der Waals surface area (Å²) in [6.07, 6.45) is 6.02. The maximum absolute atomic E-state index is 12.9. The standard InChI is InChI=1S/C23H17N3O2/c27-22-19(17-13-25-11-4-7-15-6-3-8-16(17)20(15)25)21(23(28)24-22)26-12-10-14-5-1-2-9-18(14)26/h1-3,5-6,8-10,12-13H,4,7,11H2,(H,24,27,28). The third-order valence-electron chi connectivity index (χ3n) is 5.84. The molecular formula is C23H17N3O2. The number of amides is 2. The summed E-state index contributed by atoms with van der Waals surface area (Å²) < 4.78 is 4.05. The van der Waals surface area contributed by atoms with E-state index in [0.717, 1.165) is 41.2 Å². The fourth-order valence-corrected chi connectivity index (χ4v) is 4.66. The lowest BCUT2D eigenvalue weighted by molar-refractivity contribution is -0.122. The number of hydrogen-bond acceptors (Lipinski definition) is 2. The first kappa shape index (κ1) is 15.5. The van der Waals surface area contributed by atoms with E-state index in [0.29, 0.717) is 11.3 Å². The Kier molecular flexibility index (Phi) is 3.01. The second-order valence-corrected chi connectivity index (χ2v) is 7.40. The lowest BCUT2D eigenvalue weighted by Crippen LogP contribution is -2.23. The molecule has 28 heavy (non-hydrogen) atoms. The van der Waals surface area contributed by atoms with E-state index in [1.165, 1.54) is 11.1 Å². The van der Waals surface area contributed by atoms with Crippen LogP contribution in [0, 0.1) is 0 Å². The molecule has 0 radical (unpaired) electrons. The minimum absolute atomic E-state index is 0.332. The summed E-state index contributed by atoms with van der Waals surface area (Å²) in [6.45, 7) is 0.929. The zero-order chi connectivity index (χ0) is 18.8. The van der Waals surface area contributed by atoms with Crippen molar-refractivity contribution < 1.29 is 9.59 Å². The van der Waals surface area contributed by atoms with Gasteiger partial charge in [-0.3, -0.25) is 14.9 Å². The Labute approximate surface area is 160 Å². The smallest absolute Gasteiger partial charge is 0.275 e. The Hall–Kier alpha value is -3.60. The van der Waals surface area contributed by atoms with E-state index >= 15 is 0 Å². The SMILES string of the molecule is O=C1NC(=O)C(n2ccc3ccccc32)=C1c1cn2c3c(cccc13)CCC2. The molecule has 5 nitrogen and oxygen atoms in total. The van der Waals surface area contributed by atoms with E-state index in [4.69, 9.17) is 0 Å². The third-order valence-corrected chi connectivity index (χ3v) is 5.84. The summed E-state index contributed by atoms with van der Waals surface area (Å²) in [5.41, 5.74) is 5.07. The van der Waals surface area contributed by atoms with Gasteiger partial charge < -0.3 is 9.13 Å². The third kappa shape index (κ3) is 1.96. The molecule has 0 atom stereocenters. The second kappa shape index (κ2) is 5.45. The first-order chi connectivity index (χ1) is 13.7. The Bertz CT molecular complexity index is 1350. The zero-order valence-corrected chi connectivity index (χ0v) is 15.1. The van der Waals surface area contributed by atoms with Crippen molar-refractivity contribution in [1.82, 2.24) is 14.5 Å². The van der Waals surface area contributed by atoms with Crippen molar-refractivity contribution in [3.05, 3.63) is 72.1 Å². The molecule has 1 N–H and O–H groups in total. The minimum Gasteiger partial charge on any atom is -0.347 e. The van der Waals surface area contributed by atoms with Crippen molar-refractivity contribution in [2.24, 2.45) is 0 Å². The maximum Gasteiger partial charge on any atom is 0.275 e. The lowest BCUT2D eigenvalue weighted by atomic mass is 9.99. The summed E-state index contributed by atoms with van der Waals surface area (Å²) in [4.78, 5) is 25.6. The number of aromatic nitrogens is 2. The number of fused-ring (bicyclic) bond motifs is 1. The number of nitrogens with zero attached hydrogens (tertiary/aromatic N) is 2. The van der Waals surface area contributed by atoms with Gasteiger partial charge in [-0.15, -0.1) is 0 Å². The molecule has 136 valence electrons. The molecule has 2 aliphatic heterocycles. The number of hydrogen-bond donors (Lipinski definition) is 1. The Morgan fingerprint density at radius 2 is 1.82 bits per heavy atom. The van der Waals surface area contributed by atoms with Gasteiger partial charge in [0.25, 0.3) is 11.8 Å².